The summed E-state index contributed by atoms with van der Waals surface area (Å²) in [6, 6.07) is 0. The molecule has 50 valence electrons. The lowest BCUT2D eigenvalue weighted by Gasteiger charge is -2.09. The minimum atomic E-state index is 0.361. The van der Waals surface area contributed by atoms with Crippen LogP contribution in [0.4, 0.5) is 0 Å². The van der Waals surface area contributed by atoms with Gasteiger partial charge in [-0.1, -0.05) is 6.08 Å². The van der Waals surface area contributed by atoms with E-state index in [9.17, 15) is 0 Å². The molecule has 0 saturated carbocycles. The predicted molar refractivity (Wildman–Crippen MR) is 37.0 cm³/mol. The highest BCUT2D eigenvalue weighted by Crippen LogP contribution is 2.12. The van der Waals surface area contributed by atoms with E-state index < -0.39 is 0 Å². The maximum atomic E-state index is 8.86. The molecule has 0 saturated heterocycles. The Labute approximate surface area is 54.7 Å². The van der Waals surface area contributed by atoms with E-state index in [0.29, 0.717) is 18.2 Å². The zero-order chi connectivity index (χ0) is 6.69. The van der Waals surface area contributed by atoms with Crippen molar-refractivity contribution in [3.63, 3.8) is 0 Å². The maximum Gasteiger partial charge on any atom is 0.111 e. The van der Waals surface area contributed by atoms with Gasteiger partial charge in [-0.2, -0.15) is 0 Å². The van der Waals surface area contributed by atoms with Crippen LogP contribution in [-0.2, 0) is 0 Å². The highest BCUT2D eigenvalue weighted by molar-refractivity contribution is 5.16. The Kier molecular flexibility index (Phi) is 1.90. The third-order valence-corrected chi connectivity index (χ3v) is 1.47. The molecule has 0 spiro atoms. The Hall–Kier alpha value is -0.760. The first-order valence-electron chi connectivity index (χ1n) is 3.10. The lowest BCUT2D eigenvalue weighted by Crippen LogP contribution is -2.12. The Morgan fingerprint density at radius 1 is 1.78 bits per heavy atom. The van der Waals surface area contributed by atoms with Crippen LogP contribution in [0.5, 0.6) is 0 Å². The smallest absolute Gasteiger partial charge is 0.111 e. The van der Waals surface area contributed by atoms with Gasteiger partial charge < -0.3 is 10.8 Å². The molecule has 0 amide bonds. The summed E-state index contributed by atoms with van der Waals surface area (Å²) in [5, 5.41) is 8.86. The molecule has 0 heterocycles. The quantitative estimate of drug-likeness (QED) is 0.548. The van der Waals surface area contributed by atoms with Crippen molar-refractivity contribution in [3.05, 3.63) is 24.0 Å². The summed E-state index contributed by atoms with van der Waals surface area (Å²) in [6.07, 6.45) is 6.30. The van der Waals surface area contributed by atoms with Gasteiger partial charge in [-0.3, -0.25) is 0 Å². The largest absolute Gasteiger partial charge is 0.508 e. The minimum absolute atomic E-state index is 0.361. The highest BCUT2D eigenvalue weighted by Gasteiger charge is 2.04. The molecule has 1 aliphatic carbocycles. The van der Waals surface area contributed by atoms with E-state index in [1.165, 1.54) is 0 Å². The molecule has 3 N–H and O–H groups in total. The third-order valence-electron chi connectivity index (χ3n) is 1.47. The standard InChI is InChI=1S/C7H11NO/c8-5-6-1-3-7(9)4-2-6/h1,3-4,6,9H,2,5,8H2. The second-order valence-electron chi connectivity index (χ2n) is 2.22. The van der Waals surface area contributed by atoms with Crippen LogP contribution in [0.15, 0.2) is 24.0 Å². The van der Waals surface area contributed by atoms with Crippen molar-refractivity contribution in [1.82, 2.24) is 0 Å². The topological polar surface area (TPSA) is 46.2 Å². The molecule has 0 bridgehead atoms. The summed E-state index contributed by atoms with van der Waals surface area (Å²) in [5.74, 6) is 0.792. The summed E-state index contributed by atoms with van der Waals surface area (Å²) in [6.45, 7) is 0.667. The number of allylic oxidation sites excluding steroid dienone is 2. The van der Waals surface area contributed by atoms with Gasteiger partial charge in [0, 0.05) is 0 Å². The average Bonchev–Trinajstić information content (AvgIpc) is 1.90. The van der Waals surface area contributed by atoms with Gasteiger partial charge in [-0.15, -0.1) is 0 Å². The summed E-state index contributed by atoms with van der Waals surface area (Å²) < 4.78 is 0. The normalized spacial score (nSPS) is 25.9. The van der Waals surface area contributed by atoms with Crippen LogP contribution in [0.3, 0.4) is 0 Å². The molecule has 2 nitrogen and oxygen atoms in total. The molecule has 1 rings (SSSR count). The number of hydrogen-bond acceptors (Lipinski definition) is 2. The second kappa shape index (κ2) is 2.69. The first-order chi connectivity index (χ1) is 4.33. The van der Waals surface area contributed by atoms with Gasteiger partial charge in [0.2, 0.25) is 0 Å². The minimum Gasteiger partial charge on any atom is -0.508 e. The SMILES string of the molecule is NCC1C=CC(O)=CC1. The van der Waals surface area contributed by atoms with Crippen LogP contribution in [0.2, 0.25) is 0 Å². The molecule has 0 aromatic carbocycles. The molecule has 0 aromatic rings. The Morgan fingerprint density at radius 2 is 2.56 bits per heavy atom. The number of nitrogens with two attached hydrogens (primary N) is 1. The molecule has 9 heavy (non-hydrogen) atoms. The lowest BCUT2D eigenvalue weighted by molar-refractivity contribution is 0.421. The van der Waals surface area contributed by atoms with Gasteiger partial charge in [0.05, 0.1) is 0 Å². The molecule has 1 atom stereocenters. The van der Waals surface area contributed by atoms with Crippen LogP contribution in [-0.4, -0.2) is 11.7 Å². The van der Waals surface area contributed by atoms with E-state index in [1.807, 2.05) is 6.08 Å². The van der Waals surface area contributed by atoms with E-state index in [2.05, 4.69) is 0 Å². The summed E-state index contributed by atoms with van der Waals surface area (Å²) in [7, 11) is 0. The molecule has 0 aromatic heterocycles. The molecule has 0 radical (unpaired) electrons. The molecular formula is C7H11NO. The van der Waals surface area contributed by atoms with Crippen molar-refractivity contribution >= 4 is 0 Å². The third kappa shape index (κ3) is 1.57. The zero-order valence-electron chi connectivity index (χ0n) is 5.25. The summed E-state index contributed by atoms with van der Waals surface area (Å²) >= 11 is 0. The second-order valence-corrected chi connectivity index (χ2v) is 2.22. The Bertz CT molecular complexity index is 149. The molecule has 0 fully saturated rings. The van der Waals surface area contributed by atoms with E-state index >= 15 is 0 Å². The molecule has 1 aliphatic rings. The number of rotatable bonds is 1. The van der Waals surface area contributed by atoms with Gasteiger partial charge in [0.1, 0.15) is 5.76 Å². The van der Waals surface area contributed by atoms with Crippen LogP contribution >= 0.6 is 0 Å². The summed E-state index contributed by atoms with van der Waals surface area (Å²) in [4.78, 5) is 0. The first-order valence-corrected chi connectivity index (χ1v) is 3.10. The molecular weight excluding hydrogens is 114 g/mol. The molecule has 0 aliphatic heterocycles. The summed E-state index contributed by atoms with van der Waals surface area (Å²) in [5.41, 5.74) is 5.39. The van der Waals surface area contributed by atoms with Crippen LogP contribution in [0.1, 0.15) is 6.42 Å². The van der Waals surface area contributed by atoms with Crippen molar-refractivity contribution in [2.75, 3.05) is 6.54 Å². The van der Waals surface area contributed by atoms with E-state index in [0.717, 1.165) is 6.42 Å². The average molecular weight is 125 g/mol. The van der Waals surface area contributed by atoms with E-state index in [4.69, 9.17) is 10.8 Å². The Balaban J connectivity index is 2.48. The van der Waals surface area contributed by atoms with E-state index in [1.54, 1.807) is 12.2 Å². The van der Waals surface area contributed by atoms with Gasteiger partial charge in [-0.25, -0.2) is 0 Å². The highest BCUT2D eigenvalue weighted by atomic mass is 16.3. The van der Waals surface area contributed by atoms with Gasteiger partial charge >= 0.3 is 0 Å². The van der Waals surface area contributed by atoms with Gasteiger partial charge in [0.15, 0.2) is 0 Å². The fourth-order valence-corrected chi connectivity index (χ4v) is 0.828. The van der Waals surface area contributed by atoms with Crippen molar-refractivity contribution in [1.29, 1.82) is 0 Å². The molecule has 1 unspecified atom stereocenters. The number of aliphatic hydroxyl groups is 1. The molecule has 2 heteroatoms. The van der Waals surface area contributed by atoms with Crippen LogP contribution < -0.4 is 5.73 Å². The van der Waals surface area contributed by atoms with Crippen molar-refractivity contribution < 1.29 is 5.11 Å². The maximum absolute atomic E-state index is 8.86. The fourth-order valence-electron chi connectivity index (χ4n) is 0.828. The zero-order valence-corrected chi connectivity index (χ0v) is 5.25. The lowest BCUT2D eigenvalue weighted by atomic mass is 10.0. The first kappa shape index (κ1) is 6.36. The number of hydrogen-bond donors (Lipinski definition) is 2. The van der Waals surface area contributed by atoms with Crippen molar-refractivity contribution in [2.45, 2.75) is 6.42 Å². The monoisotopic (exact) mass is 125 g/mol. The van der Waals surface area contributed by atoms with Gasteiger partial charge in [-0.05, 0) is 31.0 Å². The Morgan fingerprint density at radius 3 is 3.00 bits per heavy atom. The predicted octanol–water partition coefficient (Wildman–Crippen LogP) is 0.963. The fraction of sp³-hybridized carbons (Fsp3) is 0.429. The van der Waals surface area contributed by atoms with E-state index in [-0.39, 0.29) is 0 Å². The van der Waals surface area contributed by atoms with Crippen LogP contribution in [0, 0.1) is 5.92 Å². The number of aliphatic hydroxyl groups excluding tert-OH is 1. The van der Waals surface area contributed by atoms with Gasteiger partial charge in [0.25, 0.3) is 0 Å². The van der Waals surface area contributed by atoms with Crippen molar-refractivity contribution in [3.8, 4) is 0 Å². The van der Waals surface area contributed by atoms with Crippen LogP contribution in [0.25, 0.3) is 0 Å². The van der Waals surface area contributed by atoms with Crippen molar-refractivity contribution in [2.24, 2.45) is 11.7 Å².